The Morgan fingerprint density at radius 2 is 2.14 bits per heavy atom. The number of nitrogens with zero attached hydrogens (tertiary/aromatic N) is 3. The molecule has 6 heteroatoms. The molecule has 1 saturated heterocycles. The molecule has 0 N–H and O–H groups in total. The average Bonchev–Trinajstić information content (AvgIpc) is 2.75. The Morgan fingerprint density at radius 1 is 1.52 bits per heavy atom. The van der Waals surface area contributed by atoms with Crippen molar-refractivity contribution in [1.29, 1.82) is 5.26 Å². The number of aryl methyl sites for hydroxylation is 1. The van der Waals surface area contributed by atoms with Crippen LogP contribution in [0.15, 0.2) is 10.6 Å². The van der Waals surface area contributed by atoms with E-state index in [9.17, 15) is 10.1 Å². The van der Waals surface area contributed by atoms with E-state index in [4.69, 9.17) is 9.26 Å². The molecule has 2 aliphatic rings. The highest BCUT2D eigenvalue weighted by molar-refractivity contribution is 5.69. The Hall–Kier alpha value is -2.03. The highest BCUT2D eigenvalue weighted by Crippen LogP contribution is 2.63. The van der Waals surface area contributed by atoms with Crippen molar-refractivity contribution in [1.82, 2.24) is 10.1 Å². The molecule has 3 atom stereocenters. The van der Waals surface area contributed by atoms with Gasteiger partial charge in [-0.15, -0.1) is 0 Å². The maximum atomic E-state index is 12.1. The van der Waals surface area contributed by atoms with Crippen molar-refractivity contribution in [2.75, 3.05) is 13.1 Å². The molecule has 0 spiro atoms. The van der Waals surface area contributed by atoms with E-state index in [1.165, 1.54) is 0 Å². The van der Waals surface area contributed by atoms with Crippen LogP contribution in [0.3, 0.4) is 0 Å². The second-order valence-electron chi connectivity index (χ2n) is 6.90. The minimum Gasteiger partial charge on any atom is -0.444 e. The first kappa shape index (κ1) is 13.9. The Morgan fingerprint density at radius 3 is 2.57 bits per heavy atom. The third-order valence-corrected chi connectivity index (χ3v) is 4.27. The molecule has 112 valence electrons. The normalized spacial score (nSPS) is 30.7. The third kappa shape index (κ3) is 2.08. The summed E-state index contributed by atoms with van der Waals surface area (Å²) in [6, 6.07) is 4.21. The molecule has 2 fully saturated rings. The number of hydrogen-bond acceptors (Lipinski definition) is 5. The van der Waals surface area contributed by atoms with E-state index in [1.54, 1.807) is 4.90 Å². The number of likely N-dealkylation sites (tertiary alicyclic amines) is 1. The highest BCUT2D eigenvalue weighted by Gasteiger charge is 2.72. The van der Waals surface area contributed by atoms with Crippen LogP contribution in [0.5, 0.6) is 0 Å². The van der Waals surface area contributed by atoms with Gasteiger partial charge in [0.2, 0.25) is 0 Å². The topological polar surface area (TPSA) is 79.4 Å². The predicted molar refractivity (Wildman–Crippen MR) is 73.3 cm³/mol. The monoisotopic (exact) mass is 289 g/mol. The molecule has 1 aliphatic heterocycles. The maximum Gasteiger partial charge on any atom is 0.410 e. The van der Waals surface area contributed by atoms with E-state index < -0.39 is 11.0 Å². The van der Waals surface area contributed by atoms with Gasteiger partial charge in [-0.25, -0.2) is 4.79 Å². The molecule has 1 unspecified atom stereocenters. The zero-order valence-electron chi connectivity index (χ0n) is 12.7. The Labute approximate surface area is 123 Å². The van der Waals surface area contributed by atoms with Crippen LogP contribution in [0.2, 0.25) is 0 Å². The average molecular weight is 289 g/mol. The van der Waals surface area contributed by atoms with Gasteiger partial charge in [-0.2, -0.15) is 5.26 Å². The van der Waals surface area contributed by atoms with Crippen LogP contribution in [-0.2, 0) is 10.2 Å². The fraction of sp³-hybridized carbons (Fsp3) is 0.667. The molecule has 1 aliphatic carbocycles. The van der Waals surface area contributed by atoms with E-state index >= 15 is 0 Å². The quantitative estimate of drug-likeness (QED) is 0.792. The summed E-state index contributed by atoms with van der Waals surface area (Å²) in [5.74, 6) is 0.952. The van der Waals surface area contributed by atoms with E-state index in [0.29, 0.717) is 24.5 Å². The number of fused-ring (bicyclic) bond motifs is 1. The summed E-state index contributed by atoms with van der Waals surface area (Å²) in [6.45, 7) is 8.43. The van der Waals surface area contributed by atoms with E-state index in [-0.39, 0.29) is 17.9 Å². The summed E-state index contributed by atoms with van der Waals surface area (Å²) in [6.07, 6.45) is -0.308. The number of aromatic nitrogens is 1. The molecule has 21 heavy (non-hydrogen) atoms. The fourth-order valence-corrected chi connectivity index (χ4v) is 3.27. The highest BCUT2D eigenvalue weighted by atomic mass is 16.6. The first-order valence-electron chi connectivity index (χ1n) is 7.11. The minimum atomic E-state index is -0.587. The lowest BCUT2D eigenvalue weighted by molar-refractivity contribution is 0.0265. The first-order chi connectivity index (χ1) is 9.78. The fourth-order valence-electron chi connectivity index (χ4n) is 3.27. The summed E-state index contributed by atoms with van der Waals surface area (Å²) in [4.78, 5) is 13.7. The second-order valence-corrected chi connectivity index (χ2v) is 6.90. The number of nitriles is 1. The summed E-state index contributed by atoms with van der Waals surface area (Å²) < 4.78 is 10.5. The van der Waals surface area contributed by atoms with Crippen LogP contribution in [0, 0.1) is 30.1 Å². The summed E-state index contributed by atoms with van der Waals surface area (Å²) in [5.41, 5.74) is -0.392. The molecule has 1 aromatic rings. The van der Waals surface area contributed by atoms with Gasteiger partial charge < -0.3 is 14.2 Å². The maximum absolute atomic E-state index is 12.1. The third-order valence-electron chi connectivity index (χ3n) is 4.27. The van der Waals surface area contributed by atoms with Gasteiger partial charge in [-0.05, 0) is 27.7 Å². The number of carbonyl (C=O) groups is 1. The van der Waals surface area contributed by atoms with Gasteiger partial charge in [0.1, 0.15) is 22.5 Å². The number of ether oxygens (including phenoxy) is 1. The molecule has 0 aromatic carbocycles. The first-order valence-corrected chi connectivity index (χ1v) is 7.11. The van der Waals surface area contributed by atoms with Gasteiger partial charge in [-0.3, -0.25) is 0 Å². The van der Waals surface area contributed by atoms with Crippen LogP contribution >= 0.6 is 0 Å². The molecule has 2 heterocycles. The largest absolute Gasteiger partial charge is 0.444 e. The molecule has 1 amide bonds. The Balaban J connectivity index is 1.71. The van der Waals surface area contributed by atoms with Crippen molar-refractivity contribution in [3.8, 4) is 6.07 Å². The lowest BCUT2D eigenvalue weighted by Gasteiger charge is -2.26. The number of rotatable bonds is 1. The van der Waals surface area contributed by atoms with Crippen molar-refractivity contribution < 1.29 is 14.1 Å². The molecule has 0 radical (unpaired) electrons. The van der Waals surface area contributed by atoms with Gasteiger partial charge in [-0.1, -0.05) is 5.16 Å². The van der Waals surface area contributed by atoms with Crippen LogP contribution in [0.4, 0.5) is 4.79 Å². The number of hydrogen-bond donors (Lipinski definition) is 0. The van der Waals surface area contributed by atoms with Crippen LogP contribution < -0.4 is 0 Å². The summed E-state index contributed by atoms with van der Waals surface area (Å²) >= 11 is 0. The van der Waals surface area contributed by atoms with Crippen molar-refractivity contribution in [2.24, 2.45) is 11.8 Å². The molecular weight excluding hydrogens is 270 g/mol. The van der Waals surface area contributed by atoms with Crippen LogP contribution in [-0.4, -0.2) is 34.8 Å². The van der Waals surface area contributed by atoms with E-state index in [0.717, 1.165) is 0 Å². The number of amides is 1. The molecule has 3 rings (SSSR count). The van der Waals surface area contributed by atoms with Crippen molar-refractivity contribution in [3.05, 3.63) is 17.5 Å². The molecule has 1 aromatic heterocycles. The smallest absolute Gasteiger partial charge is 0.410 e. The zero-order chi connectivity index (χ0) is 15.4. The van der Waals surface area contributed by atoms with E-state index in [2.05, 4.69) is 11.2 Å². The van der Waals surface area contributed by atoms with Gasteiger partial charge in [0.05, 0.1) is 6.07 Å². The summed E-state index contributed by atoms with van der Waals surface area (Å²) in [5, 5.41) is 13.6. The SMILES string of the molecule is Cc1cc(C2(C#N)[C@@H]3CN(C(=O)OC(C)(C)C)C[C@@H]32)no1. The number of piperidine rings is 1. The van der Waals surface area contributed by atoms with E-state index in [1.807, 2.05) is 33.8 Å². The molecule has 0 bridgehead atoms. The van der Waals surface area contributed by atoms with Gasteiger partial charge in [0, 0.05) is 31.0 Å². The van der Waals surface area contributed by atoms with Crippen LogP contribution in [0.25, 0.3) is 0 Å². The predicted octanol–water partition coefficient (Wildman–Crippen LogP) is 2.24. The van der Waals surface area contributed by atoms with Gasteiger partial charge >= 0.3 is 6.09 Å². The van der Waals surface area contributed by atoms with Gasteiger partial charge in [0.25, 0.3) is 0 Å². The number of carbonyl (C=O) groups excluding carboxylic acids is 1. The Bertz CT molecular complexity index is 611. The molecule has 6 nitrogen and oxygen atoms in total. The summed E-state index contributed by atoms with van der Waals surface area (Å²) in [7, 11) is 0. The van der Waals surface area contributed by atoms with Gasteiger partial charge in [0.15, 0.2) is 0 Å². The zero-order valence-corrected chi connectivity index (χ0v) is 12.7. The lowest BCUT2D eigenvalue weighted by atomic mass is 9.97. The standard InChI is InChI=1S/C15H19N3O3/c1-9-5-12(17-21-9)15(8-16)10-6-18(7-11(10)15)13(19)20-14(2,3)4/h5,10-11H,6-7H2,1-4H3/t10-,11+,15?. The minimum absolute atomic E-state index is 0.125. The van der Waals surface area contributed by atoms with Crippen molar-refractivity contribution >= 4 is 6.09 Å². The van der Waals surface area contributed by atoms with Crippen molar-refractivity contribution in [3.63, 3.8) is 0 Å². The Kier molecular flexibility index (Phi) is 2.81. The van der Waals surface area contributed by atoms with Crippen LogP contribution in [0.1, 0.15) is 32.2 Å². The molecular formula is C15H19N3O3. The lowest BCUT2D eigenvalue weighted by Crippen LogP contribution is -2.39. The van der Waals surface area contributed by atoms with Crippen molar-refractivity contribution in [2.45, 2.75) is 38.7 Å². The second kappa shape index (κ2) is 4.23. The molecule has 1 saturated carbocycles.